The Bertz CT molecular complexity index is 622. The first-order valence-electron chi connectivity index (χ1n) is 6.45. The highest BCUT2D eigenvalue weighted by molar-refractivity contribution is 5.80. The summed E-state index contributed by atoms with van der Waals surface area (Å²) in [5.74, 6) is 0.818. The van der Waals surface area contributed by atoms with E-state index in [4.69, 9.17) is 4.74 Å². The third kappa shape index (κ3) is 4.90. The van der Waals surface area contributed by atoms with Crippen LogP contribution in [0.25, 0.3) is 0 Å². The zero-order valence-electron chi connectivity index (χ0n) is 11.5. The first-order valence-corrected chi connectivity index (χ1v) is 6.45. The second kappa shape index (κ2) is 8.41. The van der Waals surface area contributed by atoms with Gasteiger partial charge in [0, 0.05) is 12.1 Å². The van der Waals surface area contributed by atoms with E-state index in [0.29, 0.717) is 12.3 Å². The summed E-state index contributed by atoms with van der Waals surface area (Å²) in [6.45, 7) is 2.57. The van der Waals surface area contributed by atoms with Crippen molar-refractivity contribution in [2.75, 3.05) is 12.0 Å². The molecule has 22 heavy (non-hydrogen) atoms. The number of benzene rings is 2. The minimum Gasteiger partial charge on any atom is -0.494 e. The lowest BCUT2D eigenvalue weighted by Crippen LogP contribution is -1.93. The average molecular weight is 301 g/mol. The molecule has 0 aliphatic heterocycles. The molecular weight excluding hydrogens is 282 g/mol. The quantitative estimate of drug-likeness (QED) is 0.495. The Balaban J connectivity index is 0.00000242. The van der Waals surface area contributed by atoms with Crippen LogP contribution in [-0.2, 0) is 0 Å². The SMILES string of the molecule is C.CCOc1ccc(/C=N/Nc2ccc([N+](=O)[O-])cc2)cc1. The first kappa shape index (κ1) is 17.2. The van der Waals surface area contributed by atoms with Crippen molar-refractivity contribution in [3.8, 4) is 5.75 Å². The van der Waals surface area contributed by atoms with Gasteiger partial charge in [0.15, 0.2) is 0 Å². The normalized spacial score (nSPS) is 10.0. The summed E-state index contributed by atoms with van der Waals surface area (Å²) < 4.78 is 5.35. The fourth-order valence-electron chi connectivity index (χ4n) is 1.66. The van der Waals surface area contributed by atoms with Crippen LogP contribution in [0.15, 0.2) is 53.6 Å². The van der Waals surface area contributed by atoms with Crippen LogP contribution < -0.4 is 10.2 Å². The van der Waals surface area contributed by atoms with E-state index in [-0.39, 0.29) is 13.1 Å². The molecular formula is C16H19N3O3. The number of nitro groups is 1. The summed E-state index contributed by atoms with van der Waals surface area (Å²) in [5, 5.41) is 14.6. The second-order valence-corrected chi connectivity index (χ2v) is 4.18. The van der Waals surface area contributed by atoms with Crippen LogP contribution in [0.3, 0.4) is 0 Å². The number of hydrazone groups is 1. The molecule has 2 rings (SSSR count). The van der Waals surface area contributed by atoms with Gasteiger partial charge in [0.1, 0.15) is 5.75 Å². The summed E-state index contributed by atoms with van der Waals surface area (Å²) in [4.78, 5) is 10.1. The van der Waals surface area contributed by atoms with Crippen LogP contribution in [0.1, 0.15) is 19.9 Å². The van der Waals surface area contributed by atoms with E-state index in [1.807, 2.05) is 31.2 Å². The Labute approximate surface area is 129 Å². The molecule has 6 nitrogen and oxygen atoms in total. The highest BCUT2D eigenvalue weighted by Gasteiger charge is 2.02. The van der Waals surface area contributed by atoms with Crippen LogP contribution in [0, 0.1) is 10.1 Å². The van der Waals surface area contributed by atoms with E-state index < -0.39 is 4.92 Å². The Morgan fingerprint density at radius 2 is 1.82 bits per heavy atom. The molecule has 0 aliphatic rings. The van der Waals surface area contributed by atoms with Crippen molar-refractivity contribution in [2.45, 2.75) is 14.4 Å². The zero-order valence-corrected chi connectivity index (χ0v) is 11.5. The molecule has 0 bridgehead atoms. The zero-order chi connectivity index (χ0) is 15.1. The molecule has 1 N–H and O–H groups in total. The summed E-state index contributed by atoms with van der Waals surface area (Å²) >= 11 is 0. The fraction of sp³-hybridized carbons (Fsp3) is 0.188. The van der Waals surface area contributed by atoms with E-state index in [1.54, 1.807) is 18.3 Å². The molecule has 0 fully saturated rings. The van der Waals surface area contributed by atoms with Crippen LogP contribution in [-0.4, -0.2) is 17.7 Å². The lowest BCUT2D eigenvalue weighted by atomic mass is 10.2. The van der Waals surface area contributed by atoms with Crippen molar-refractivity contribution in [1.29, 1.82) is 0 Å². The van der Waals surface area contributed by atoms with Crippen molar-refractivity contribution in [3.05, 3.63) is 64.2 Å². The number of hydrogen-bond donors (Lipinski definition) is 1. The van der Waals surface area contributed by atoms with Gasteiger partial charge < -0.3 is 4.74 Å². The smallest absolute Gasteiger partial charge is 0.269 e. The van der Waals surface area contributed by atoms with Gasteiger partial charge in [-0.05, 0) is 48.9 Å². The Kier molecular flexibility index (Phi) is 6.56. The van der Waals surface area contributed by atoms with Gasteiger partial charge in [0.25, 0.3) is 5.69 Å². The molecule has 116 valence electrons. The van der Waals surface area contributed by atoms with Crippen molar-refractivity contribution < 1.29 is 9.66 Å². The summed E-state index contributed by atoms with van der Waals surface area (Å²) in [6, 6.07) is 13.6. The lowest BCUT2D eigenvalue weighted by Gasteiger charge is -2.02. The number of non-ortho nitro benzene ring substituents is 1. The van der Waals surface area contributed by atoms with Crippen molar-refractivity contribution >= 4 is 17.6 Å². The molecule has 0 saturated carbocycles. The van der Waals surface area contributed by atoms with Gasteiger partial charge >= 0.3 is 0 Å². The van der Waals surface area contributed by atoms with Gasteiger partial charge in [-0.3, -0.25) is 15.5 Å². The van der Waals surface area contributed by atoms with Crippen molar-refractivity contribution in [1.82, 2.24) is 0 Å². The molecule has 0 amide bonds. The Morgan fingerprint density at radius 3 is 2.36 bits per heavy atom. The number of nitro benzene ring substituents is 1. The minimum absolute atomic E-state index is 0. The predicted molar refractivity (Wildman–Crippen MR) is 88.7 cm³/mol. The molecule has 0 saturated heterocycles. The predicted octanol–water partition coefficient (Wildman–Crippen LogP) is 4.08. The number of hydrogen-bond acceptors (Lipinski definition) is 5. The average Bonchev–Trinajstić information content (AvgIpc) is 2.50. The van der Waals surface area contributed by atoms with Crippen LogP contribution >= 0.6 is 0 Å². The molecule has 0 spiro atoms. The maximum Gasteiger partial charge on any atom is 0.269 e. The molecule has 0 aromatic heterocycles. The number of ether oxygens (including phenoxy) is 1. The molecule has 0 unspecified atom stereocenters. The lowest BCUT2D eigenvalue weighted by molar-refractivity contribution is -0.384. The molecule has 0 aliphatic carbocycles. The molecule has 0 radical (unpaired) electrons. The van der Waals surface area contributed by atoms with Crippen molar-refractivity contribution in [2.24, 2.45) is 5.10 Å². The van der Waals surface area contributed by atoms with Crippen LogP contribution in [0.2, 0.25) is 0 Å². The van der Waals surface area contributed by atoms with E-state index in [9.17, 15) is 10.1 Å². The third-order valence-electron chi connectivity index (χ3n) is 2.68. The second-order valence-electron chi connectivity index (χ2n) is 4.18. The van der Waals surface area contributed by atoms with Crippen LogP contribution in [0.5, 0.6) is 5.75 Å². The number of nitrogens with one attached hydrogen (secondary N) is 1. The summed E-state index contributed by atoms with van der Waals surface area (Å²) in [7, 11) is 0. The van der Waals surface area contributed by atoms with Gasteiger partial charge in [0.05, 0.1) is 23.4 Å². The molecule has 2 aromatic carbocycles. The Hall–Kier alpha value is -2.89. The van der Waals surface area contributed by atoms with Crippen molar-refractivity contribution in [3.63, 3.8) is 0 Å². The monoisotopic (exact) mass is 301 g/mol. The highest BCUT2D eigenvalue weighted by Crippen LogP contribution is 2.15. The van der Waals surface area contributed by atoms with Crippen LogP contribution in [0.4, 0.5) is 11.4 Å². The molecule has 0 heterocycles. The topological polar surface area (TPSA) is 76.8 Å². The summed E-state index contributed by atoms with van der Waals surface area (Å²) in [6.07, 6.45) is 1.66. The van der Waals surface area contributed by atoms with E-state index >= 15 is 0 Å². The van der Waals surface area contributed by atoms with Gasteiger partial charge in [-0.25, -0.2) is 0 Å². The van der Waals surface area contributed by atoms with Gasteiger partial charge in [-0.1, -0.05) is 7.43 Å². The van der Waals surface area contributed by atoms with Gasteiger partial charge in [-0.15, -0.1) is 0 Å². The van der Waals surface area contributed by atoms with E-state index in [0.717, 1.165) is 11.3 Å². The standard InChI is InChI=1S/C15H15N3O3.CH4/c1-2-21-15-9-3-12(4-10-15)11-16-17-13-5-7-14(8-6-13)18(19)20;/h3-11,17H,2H2,1H3;1H4/b16-11+;. The Morgan fingerprint density at radius 1 is 1.18 bits per heavy atom. The summed E-state index contributed by atoms with van der Waals surface area (Å²) in [5.41, 5.74) is 4.47. The highest BCUT2D eigenvalue weighted by atomic mass is 16.6. The van der Waals surface area contributed by atoms with Gasteiger partial charge in [0.2, 0.25) is 0 Å². The molecule has 0 atom stereocenters. The maximum absolute atomic E-state index is 10.5. The largest absolute Gasteiger partial charge is 0.494 e. The minimum atomic E-state index is -0.438. The van der Waals surface area contributed by atoms with Gasteiger partial charge in [-0.2, -0.15) is 5.10 Å². The first-order chi connectivity index (χ1) is 10.2. The number of nitrogens with zero attached hydrogens (tertiary/aromatic N) is 2. The maximum atomic E-state index is 10.5. The number of anilines is 1. The third-order valence-corrected chi connectivity index (χ3v) is 2.68. The molecule has 6 heteroatoms. The van der Waals surface area contributed by atoms with E-state index in [2.05, 4.69) is 10.5 Å². The fourth-order valence-corrected chi connectivity index (χ4v) is 1.66. The van der Waals surface area contributed by atoms with E-state index in [1.165, 1.54) is 12.1 Å². The number of rotatable bonds is 6. The molecule has 2 aromatic rings.